The van der Waals surface area contributed by atoms with Crippen LogP contribution in [0, 0.1) is 0 Å². The Morgan fingerprint density at radius 1 is 1.00 bits per heavy atom. The molecule has 1 atom stereocenters. The van der Waals surface area contributed by atoms with Crippen LogP contribution in [0.4, 0.5) is 0 Å². The monoisotopic (exact) mass is 419 g/mol. The van der Waals surface area contributed by atoms with Gasteiger partial charge in [0.05, 0.1) is 0 Å². The van der Waals surface area contributed by atoms with E-state index in [0.717, 1.165) is 36.1 Å². The molecule has 1 amide bonds. The van der Waals surface area contributed by atoms with Crippen LogP contribution in [0.1, 0.15) is 24.5 Å². The van der Waals surface area contributed by atoms with Crippen LogP contribution >= 0.6 is 0 Å². The zero-order chi connectivity index (χ0) is 21.6. The molecule has 1 unspecified atom stereocenters. The number of carbonyl (C=O) groups excluding carboxylic acids is 2. The van der Waals surface area contributed by atoms with Gasteiger partial charge in [0.1, 0.15) is 0 Å². The summed E-state index contributed by atoms with van der Waals surface area (Å²) < 4.78 is 5.44. The third-order valence-electron chi connectivity index (χ3n) is 5.86. The lowest BCUT2D eigenvalue weighted by molar-refractivity contribution is -0.159. The van der Waals surface area contributed by atoms with E-state index in [1.54, 1.807) is 11.8 Å². The normalized spacial score (nSPS) is 15.7. The molecule has 1 aliphatic rings. The molecule has 1 N–H and O–H groups in total. The second-order valence-electron chi connectivity index (χ2n) is 8.08. The molecular weight excluding hydrogens is 390 g/mol. The number of aromatic nitrogens is 1. The number of carbonyl (C=O) groups is 2. The molecule has 0 saturated carbocycles. The number of nitrogens with one attached hydrogen (secondary N) is 1. The minimum absolute atomic E-state index is 0.111. The van der Waals surface area contributed by atoms with E-state index < -0.39 is 6.10 Å². The standard InChI is InChI=1S/C25H29N3O3/c1-19(31-24(29)12-11-21-17-26-23-10-6-5-9-22(21)23)25(30)28-15-13-27(14-16-28)18-20-7-3-2-4-8-20/h2-10,17,19,26H,11-16,18H2,1H3. The van der Waals surface area contributed by atoms with Gasteiger partial charge in [-0.3, -0.25) is 14.5 Å². The molecule has 6 heteroatoms. The zero-order valence-corrected chi connectivity index (χ0v) is 17.9. The molecule has 4 rings (SSSR count). The van der Waals surface area contributed by atoms with Gasteiger partial charge >= 0.3 is 5.97 Å². The summed E-state index contributed by atoms with van der Waals surface area (Å²) in [5.41, 5.74) is 3.42. The van der Waals surface area contributed by atoms with Gasteiger partial charge in [-0.2, -0.15) is 0 Å². The second-order valence-corrected chi connectivity index (χ2v) is 8.08. The summed E-state index contributed by atoms with van der Waals surface area (Å²) in [6, 6.07) is 18.4. The Balaban J connectivity index is 1.21. The van der Waals surface area contributed by atoms with Crippen LogP contribution in [-0.4, -0.2) is 58.9 Å². The Kier molecular flexibility index (Phi) is 6.67. The highest BCUT2D eigenvalue weighted by molar-refractivity contribution is 5.85. The molecule has 0 bridgehead atoms. The van der Waals surface area contributed by atoms with Crippen LogP contribution < -0.4 is 0 Å². The summed E-state index contributed by atoms with van der Waals surface area (Å²) >= 11 is 0. The van der Waals surface area contributed by atoms with Gasteiger partial charge in [0, 0.05) is 56.2 Å². The van der Waals surface area contributed by atoms with E-state index in [9.17, 15) is 9.59 Å². The summed E-state index contributed by atoms with van der Waals surface area (Å²) in [7, 11) is 0. The molecule has 6 nitrogen and oxygen atoms in total. The van der Waals surface area contributed by atoms with Crippen LogP contribution in [-0.2, 0) is 27.3 Å². The van der Waals surface area contributed by atoms with E-state index >= 15 is 0 Å². The number of para-hydroxylation sites is 1. The fourth-order valence-corrected chi connectivity index (χ4v) is 4.11. The topological polar surface area (TPSA) is 65.6 Å². The molecule has 1 fully saturated rings. The number of amides is 1. The number of piperazine rings is 1. The molecule has 1 aromatic heterocycles. The van der Waals surface area contributed by atoms with E-state index in [1.807, 2.05) is 48.7 Å². The van der Waals surface area contributed by atoms with E-state index in [1.165, 1.54) is 5.56 Å². The summed E-state index contributed by atoms with van der Waals surface area (Å²) in [5.74, 6) is -0.450. The number of rotatable bonds is 7. The van der Waals surface area contributed by atoms with Crippen LogP contribution in [0.25, 0.3) is 10.9 Å². The average molecular weight is 420 g/mol. The Labute approximate surface area is 182 Å². The summed E-state index contributed by atoms with van der Waals surface area (Å²) in [6.07, 6.45) is 2.02. The number of aromatic amines is 1. The number of benzene rings is 2. The molecular formula is C25H29N3O3. The van der Waals surface area contributed by atoms with Crippen LogP contribution in [0.2, 0.25) is 0 Å². The van der Waals surface area contributed by atoms with Crippen molar-refractivity contribution >= 4 is 22.8 Å². The quantitative estimate of drug-likeness (QED) is 0.597. The van der Waals surface area contributed by atoms with E-state index in [2.05, 4.69) is 22.0 Å². The first-order valence-corrected chi connectivity index (χ1v) is 10.9. The first-order chi connectivity index (χ1) is 15.1. The summed E-state index contributed by atoms with van der Waals surface area (Å²) in [4.78, 5) is 32.4. The van der Waals surface area contributed by atoms with Crippen molar-refractivity contribution in [2.45, 2.75) is 32.4 Å². The molecule has 1 aliphatic heterocycles. The summed E-state index contributed by atoms with van der Waals surface area (Å²) in [6.45, 7) is 5.51. The first-order valence-electron chi connectivity index (χ1n) is 10.9. The van der Waals surface area contributed by atoms with Gasteiger partial charge in [0.2, 0.25) is 0 Å². The van der Waals surface area contributed by atoms with Gasteiger partial charge in [-0.25, -0.2) is 0 Å². The van der Waals surface area contributed by atoms with Crippen molar-refractivity contribution in [1.29, 1.82) is 0 Å². The number of hydrogen-bond acceptors (Lipinski definition) is 4. The maximum atomic E-state index is 12.7. The molecule has 2 heterocycles. The Morgan fingerprint density at radius 2 is 1.71 bits per heavy atom. The second kappa shape index (κ2) is 9.79. The predicted octanol–water partition coefficient (Wildman–Crippen LogP) is 3.38. The van der Waals surface area contributed by atoms with Gasteiger partial charge in [-0.1, -0.05) is 48.5 Å². The first kappa shape index (κ1) is 21.1. The van der Waals surface area contributed by atoms with E-state index in [0.29, 0.717) is 19.5 Å². The number of nitrogens with zero attached hydrogens (tertiary/aromatic N) is 2. The van der Waals surface area contributed by atoms with E-state index in [4.69, 9.17) is 4.74 Å². The number of esters is 1. The minimum atomic E-state index is -0.754. The highest BCUT2D eigenvalue weighted by Gasteiger charge is 2.27. The average Bonchev–Trinajstić information content (AvgIpc) is 3.21. The fraction of sp³-hybridized carbons (Fsp3) is 0.360. The maximum Gasteiger partial charge on any atom is 0.306 e. The van der Waals surface area contributed by atoms with Crippen LogP contribution in [0.5, 0.6) is 0 Å². The van der Waals surface area contributed by atoms with Crippen LogP contribution in [0.3, 0.4) is 0 Å². The van der Waals surface area contributed by atoms with Crippen molar-refractivity contribution < 1.29 is 14.3 Å². The lowest BCUT2D eigenvalue weighted by Crippen LogP contribution is -2.51. The molecule has 0 aliphatic carbocycles. The Hall–Kier alpha value is -3.12. The minimum Gasteiger partial charge on any atom is -0.453 e. The van der Waals surface area contributed by atoms with Crippen molar-refractivity contribution in [3.05, 3.63) is 71.9 Å². The van der Waals surface area contributed by atoms with Gasteiger partial charge in [-0.15, -0.1) is 0 Å². The maximum absolute atomic E-state index is 12.7. The molecule has 31 heavy (non-hydrogen) atoms. The van der Waals surface area contributed by atoms with Crippen LogP contribution in [0.15, 0.2) is 60.8 Å². The van der Waals surface area contributed by atoms with Crippen molar-refractivity contribution in [2.75, 3.05) is 26.2 Å². The molecule has 162 valence electrons. The third kappa shape index (κ3) is 5.33. The number of aryl methyl sites for hydroxylation is 1. The Bertz CT molecular complexity index is 1020. The SMILES string of the molecule is CC(OC(=O)CCc1c[nH]c2ccccc12)C(=O)N1CCN(Cc2ccccc2)CC1. The number of H-pyrrole nitrogens is 1. The lowest BCUT2D eigenvalue weighted by Gasteiger charge is -2.35. The van der Waals surface area contributed by atoms with Gasteiger partial charge < -0.3 is 14.6 Å². The smallest absolute Gasteiger partial charge is 0.306 e. The van der Waals surface area contributed by atoms with Crippen molar-refractivity contribution in [1.82, 2.24) is 14.8 Å². The van der Waals surface area contributed by atoms with Crippen molar-refractivity contribution in [3.8, 4) is 0 Å². The summed E-state index contributed by atoms with van der Waals surface area (Å²) in [5, 5.41) is 1.12. The Morgan fingerprint density at radius 3 is 2.48 bits per heavy atom. The van der Waals surface area contributed by atoms with Crippen molar-refractivity contribution in [3.63, 3.8) is 0 Å². The molecule has 1 saturated heterocycles. The highest BCUT2D eigenvalue weighted by atomic mass is 16.5. The molecule has 3 aromatic rings. The van der Waals surface area contributed by atoms with Gasteiger partial charge in [0.25, 0.3) is 5.91 Å². The van der Waals surface area contributed by atoms with Gasteiger partial charge in [0.15, 0.2) is 6.10 Å². The van der Waals surface area contributed by atoms with Gasteiger partial charge in [-0.05, 0) is 30.5 Å². The van der Waals surface area contributed by atoms with E-state index in [-0.39, 0.29) is 18.3 Å². The molecule has 0 radical (unpaired) electrons. The largest absolute Gasteiger partial charge is 0.453 e. The highest BCUT2D eigenvalue weighted by Crippen LogP contribution is 2.19. The lowest BCUT2D eigenvalue weighted by atomic mass is 10.1. The number of hydrogen-bond donors (Lipinski definition) is 1. The molecule has 0 spiro atoms. The van der Waals surface area contributed by atoms with Crippen molar-refractivity contribution in [2.24, 2.45) is 0 Å². The number of ether oxygens (including phenoxy) is 1. The molecule has 2 aromatic carbocycles. The fourth-order valence-electron chi connectivity index (χ4n) is 4.11. The third-order valence-corrected chi connectivity index (χ3v) is 5.86. The zero-order valence-electron chi connectivity index (χ0n) is 17.9. The number of fused-ring (bicyclic) bond motifs is 1. The predicted molar refractivity (Wildman–Crippen MR) is 120 cm³/mol.